The van der Waals surface area contributed by atoms with E-state index >= 15 is 0 Å². The lowest BCUT2D eigenvalue weighted by molar-refractivity contribution is -0.118. The fourth-order valence-corrected chi connectivity index (χ4v) is 5.12. The van der Waals surface area contributed by atoms with Crippen molar-refractivity contribution in [1.29, 1.82) is 0 Å². The van der Waals surface area contributed by atoms with Crippen LogP contribution in [0.4, 0.5) is 0 Å². The minimum absolute atomic E-state index is 0.275. The van der Waals surface area contributed by atoms with Gasteiger partial charge in [-0.1, -0.05) is 18.5 Å². The highest BCUT2D eigenvalue weighted by Gasteiger charge is 2.27. The Morgan fingerprint density at radius 2 is 2.22 bits per heavy atom. The van der Waals surface area contributed by atoms with Crippen LogP contribution in [0.2, 0.25) is 5.02 Å². The molecule has 0 heterocycles. The zero-order chi connectivity index (χ0) is 17.3. The Morgan fingerprint density at radius 3 is 2.83 bits per heavy atom. The Kier molecular flexibility index (Phi) is 8.69. The maximum Gasteiger partial charge on any atom is 0.440 e. The van der Waals surface area contributed by atoms with Crippen molar-refractivity contribution in [2.75, 3.05) is 12.4 Å². The molecule has 1 aromatic rings. The third-order valence-corrected chi connectivity index (χ3v) is 6.52. The maximum absolute atomic E-state index is 12.7. The van der Waals surface area contributed by atoms with E-state index in [1.807, 2.05) is 6.92 Å². The van der Waals surface area contributed by atoms with E-state index in [0.717, 1.165) is 17.8 Å². The maximum atomic E-state index is 12.7. The number of hydrazone groups is 1. The summed E-state index contributed by atoms with van der Waals surface area (Å²) in [6, 6.07) is 4.81. The predicted octanol–water partition coefficient (Wildman–Crippen LogP) is 4.48. The molecule has 0 radical (unpaired) electrons. The molecule has 0 fully saturated rings. The number of amides is 1. The van der Waals surface area contributed by atoms with Crippen molar-refractivity contribution in [3.05, 3.63) is 28.8 Å². The zero-order valence-corrected chi connectivity index (χ0v) is 15.7. The molecule has 6 nitrogen and oxygen atoms in total. The van der Waals surface area contributed by atoms with Crippen molar-refractivity contribution in [3.63, 3.8) is 0 Å². The van der Waals surface area contributed by atoms with Crippen molar-refractivity contribution in [2.24, 2.45) is 5.10 Å². The Bertz CT molecular complexity index is 612. The molecule has 1 amide bonds. The monoisotopic (exact) mass is 378 g/mol. The second kappa shape index (κ2) is 9.98. The standard InChI is InChI=1S/C14H20ClN2O4PS/c1-4-8-23-22(19,20-5-2)21-14-7-6-13(15)9-12(14)10-16-17-11(3)18/h6-7,9-10H,4-5,8H2,1-3H3,(H,17,18). The van der Waals surface area contributed by atoms with E-state index in [1.54, 1.807) is 25.1 Å². The van der Waals surface area contributed by atoms with E-state index in [0.29, 0.717) is 22.1 Å². The number of hydrogen-bond donors (Lipinski definition) is 1. The van der Waals surface area contributed by atoms with Crippen molar-refractivity contribution in [1.82, 2.24) is 5.43 Å². The molecule has 9 heteroatoms. The molecular weight excluding hydrogens is 359 g/mol. The molecular formula is C14H20ClN2O4PS. The summed E-state index contributed by atoms with van der Waals surface area (Å²) < 4.78 is 23.7. The molecule has 0 saturated heterocycles. The van der Waals surface area contributed by atoms with Crippen LogP contribution in [0.3, 0.4) is 0 Å². The second-order valence-corrected chi connectivity index (χ2v) is 8.95. The molecule has 1 rings (SSSR count). The Hall–Kier alpha value is -1.01. The Labute approximate surface area is 145 Å². The Morgan fingerprint density at radius 1 is 1.48 bits per heavy atom. The summed E-state index contributed by atoms with van der Waals surface area (Å²) in [5, 5.41) is 4.25. The highest BCUT2D eigenvalue weighted by molar-refractivity contribution is 8.55. The van der Waals surface area contributed by atoms with Gasteiger partial charge in [-0.2, -0.15) is 5.10 Å². The number of halogens is 1. The molecule has 128 valence electrons. The Balaban J connectivity index is 3.02. The molecule has 23 heavy (non-hydrogen) atoms. The molecule has 0 aliphatic carbocycles. The number of hydrogen-bond acceptors (Lipinski definition) is 6. The van der Waals surface area contributed by atoms with E-state index in [2.05, 4.69) is 10.5 Å². The van der Waals surface area contributed by atoms with E-state index < -0.39 is 6.80 Å². The number of carbonyl (C=O) groups excluding carboxylic acids is 1. The van der Waals surface area contributed by atoms with E-state index in [1.165, 1.54) is 13.1 Å². The van der Waals surface area contributed by atoms with Crippen LogP contribution in [0, 0.1) is 0 Å². The number of nitrogens with zero attached hydrogens (tertiary/aromatic N) is 1. The third kappa shape index (κ3) is 7.40. The number of rotatable bonds is 9. The fourth-order valence-electron chi connectivity index (χ4n) is 1.47. The van der Waals surface area contributed by atoms with Crippen LogP contribution in [-0.2, 0) is 13.9 Å². The minimum atomic E-state index is -3.33. The van der Waals surface area contributed by atoms with Crippen molar-refractivity contribution in [3.8, 4) is 5.75 Å². The van der Waals surface area contributed by atoms with Gasteiger partial charge in [-0.05, 0) is 42.9 Å². The first-order valence-corrected chi connectivity index (χ1v) is 10.6. The summed E-state index contributed by atoms with van der Waals surface area (Å²) in [4.78, 5) is 10.9. The molecule has 1 aromatic carbocycles. The molecule has 1 atom stereocenters. The summed E-state index contributed by atoms with van der Waals surface area (Å²) in [6.45, 7) is 2.03. The first kappa shape index (κ1) is 20.0. The van der Waals surface area contributed by atoms with Crippen LogP contribution in [0.25, 0.3) is 0 Å². The second-order valence-electron chi connectivity index (χ2n) is 4.40. The first-order chi connectivity index (χ1) is 10.9. The third-order valence-electron chi connectivity index (χ3n) is 2.35. The molecule has 0 saturated carbocycles. The van der Waals surface area contributed by atoms with Gasteiger partial charge in [-0.15, -0.1) is 0 Å². The highest BCUT2D eigenvalue weighted by atomic mass is 35.5. The largest absolute Gasteiger partial charge is 0.440 e. The van der Waals surface area contributed by atoms with Crippen LogP contribution in [-0.4, -0.2) is 24.5 Å². The smallest absolute Gasteiger partial charge is 0.416 e. The first-order valence-electron chi connectivity index (χ1n) is 7.08. The average Bonchev–Trinajstić information content (AvgIpc) is 2.48. The van der Waals surface area contributed by atoms with Crippen molar-refractivity contribution in [2.45, 2.75) is 27.2 Å². The van der Waals surface area contributed by atoms with Crippen LogP contribution in [0.5, 0.6) is 5.75 Å². The molecule has 1 unspecified atom stereocenters. The van der Waals surface area contributed by atoms with Gasteiger partial charge in [0.1, 0.15) is 5.75 Å². The van der Waals surface area contributed by atoms with Gasteiger partial charge in [0.2, 0.25) is 5.91 Å². The van der Waals surface area contributed by atoms with Gasteiger partial charge in [0.15, 0.2) is 0 Å². The predicted molar refractivity (Wildman–Crippen MR) is 95.5 cm³/mol. The lowest BCUT2D eigenvalue weighted by Crippen LogP contribution is -2.12. The van der Waals surface area contributed by atoms with Gasteiger partial charge in [0.05, 0.1) is 12.8 Å². The highest BCUT2D eigenvalue weighted by Crippen LogP contribution is 2.60. The summed E-state index contributed by atoms with van der Waals surface area (Å²) >= 11 is 7.11. The molecule has 0 aliphatic rings. The summed E-state index contributed by atoms with van der Waals surface area (Å²) in [5.41, 5.74) is 2.78. The quantitative estimate of drug-likeness (QED) is 0.389. The number of carbonyl (C=O) groups is 1. The SMILES string of the molecule is CCCSP(=O)(OCC)Oc1ccc(Cl)cc1C=NNC(C)=O. The molecule has 1 N–H and O–H groups in total. The van der Waals surface area contributed by atoms with Gasteiger partial charge in [-0.3, -0.25) is 9.32 Å². The summed E-state index contributed by atoms with van der Waals surface area (Å²) in [7, 11) is 0. The van der Waals surface area contributed by atoms with E-state index in [4.69, 9.17) is 20.6 Å². The van der Waals surface area contributed by atoms with Crippen molar-refractivity contribution >= 4 is 41.9 Å². The van der Waals surface area contributed by atoms with Crippen LogP contribution < -0.4 is 9.95 Å². The van der Waals surface area contributed by atoms with E-state index in [9.17, 15) is 9.36 Å². The normalized spacial score (nSPS) is 13.7. The molecule has 0 aromatic heterocycles. The van der Waals surface area contributed by atoms with E-state index in [-0.39, 0.29) is 12.5 Å². The fraction of sp³-hybridized carbons (Fsp3) is 0.429. The van der Waals surface area contributed by atoms with Gasteiger partial charge in [0.25, 0.3) is 0 Å². The summed E-state index contributed by atoms with van der Waals surface area (Å²) in [6.07, 6.45) is 2.23. The zero-order valence-electron chi connectivity index (χ0n) is 13.2. The number of nitrogens with one attached hydrogen (secondary N) is 1. The van der Waals surface area contributed by atoms with Gasteiger partial charge >= 0.3 is 6.80 Å². The van der Waals surface area contributed by atoms with Gasteiger partial charge in [0, 0.05) is 23.3 Å². The molecule has 0 spiro atoms. The lowest BCUT2D eigenvalue weighted by atomic mass is 10.2. The molecule has 0 bridgehead atoms. The minimum Gasteiger partial charge on any atom is -0.416 e. The molecule has 0 aliphatic heterocycles. The lowest BCUT2D eigenvalue weighted by Gasteiger charge is -2.18. The van der Waals surface area contributed by atoms with Gasteiger partial charge in [-0.25, -0.2) is 9.99 Å². The topological polar surface area (TPSA) is 77.0 Å². The van der Waals surface area contributed by atoms with Crippen LogP contribution in [0.1, 0.15) is 32.8 Å². The average molecular weight is 379 g/mol. The number of benzene rings is 1. The van der Waals surface area contributed by atoms with Gasteiger partial charge < -0.3 is 4.52 Å². The van der Waals surface area contributed by atoms with Crippen LogP contribution in [0.15, 0.2) is 23.3 Å². The summed E-state index contributed by atoms with van der Waals surface area (Å²) in [5.74, 6) is 0.674. The van der Waals surface area contributed by atoms with Crippen molar-refractivity contribution < 1.29 is 18.4 Å². The van der Waals surface area contributed by atoms with Crippen LogP contribution >= 0.6 is 29.8 Å².